The summed E-state index contributed by atoms with van der Waals surface area (Å²) in [5.74, 6) is -0.521. The molecular weight excluding hydrogens is 302 g/mol. The van der Waals surface area contributed by atoms with Crippen molar-refractivity contribution >= 4 is 27.9 Å². The van der Waals surface area contributed by atoms with Crippen LogP contribution in [-0.4, -0.2) is 20.4 Å². The zero-order valence-corrected chi connectivity index (χ0v) is 12.6. The summed E-state index contributed by atoms with van der Waals surface area (Å²) >= 11 is 1.35. The molecule has 0 radical (unpaired) electrons. The van der Waals surface area contributed by atoms with Crippen LogP contribution in [0.3, 0.4) is 0 Å². The molecule has 0 bridgehead atoms. The fraction of sp³-hybridized carbons (Fsp3) is 0.133. The van der Waals surface area contributed by atoms with Crippen LogP contribution in [0.2, 0.25) is 0 Å². The Hall–Kier alpha value is -2.51. The number of anilines is 1. The maximum atomic E-state index is 12.4. The van der Waals surface area contributed by atoms with Crippen LogP contribution < -0.4 is 10.9 Å². The van der Waals surface area contributed by atoms with Crippen molar-refractivity contribution in [2.75, 3.05) is 5.32 Å². The van der Waals surface area contributed by atoms with Crippen molar-refractivity contribution < 1.29 is 9.90 Å². The highest BCUT2D eigenvalue weighted by Gasteiger charge is 2.15. The number of nitrogens with zero attached hydrogens (tertiary/aromatic N) is 2. The number of amides is 1. The number of fused-ring (bicyclic) bond motifs is 1. The van der Waals surface area contributed by atoms with E-state index < -0.39 is 5.91 Å². The minimum absolute atomic E-state index is 0.0200. The van der Waals surface area contributed by atoms with Crippen LogP contribution in [0.4, 0.5) is 5.69 Å². The Labute approximate surface area is 129 Å². The third kappa shape index (κ3) is 2.51. The molecule has 1 aromatic carbocycles. The second kappa shape index (κ2) is 5.70. The SMILES string of the molecule is Cc1csc2ncc(C(=O)Nc3cccc(CO)c3)c(=O)n12. The lowest BCUT2D eigenvalue weighted by Crippen LogP contribution is -2.26. The van der Waals surface area contributed by atoms with Crippen LogP contribution in [0.25, 0.3) is 4.96 Å². The van der Waals surface area contributed by atoms with Crippen molar-refractivity contribution in [3.05, 3.63) is 63.0 Å². The summed E-state index contributed by atoms with van der Waals surface area (Å²) in [7, 11) is 0. The Kier molecular flexibility index (Phi) is 3.74. The fourth-order valence-electron chi connectivity index (χ4n) is 2.13. The average molecular weight is 315 g/mol. The van der Waals surface area contributed by atoms with E-state index in [0.717, 1.165) is 5.69 Å². The lowest BCUT2D eigenvalue weighted by molar-refractivity contribution is 0.102. The summed E-state index contributed by atoms with van der Waals surface area (Å²) in [5, 5.41) is 13.6. The smallest absolute Gasteiger partial charge is 0.271 e. The van der Waals surface area contributed by atoms with Gasteiger partial charge in [0.2, 0.25) is 0 Å². The van der Waals surface area contributed by atoms with Crippen LogP contribution in [0.5, 0.6) is 0 Å². The molecule has 0 fully saturated rings. The van der Waals surface area contributed by atoms with E-state index in [2.05, 4.69) is 10.3 Å². The van der Waals surface area contributed by atoms with Crippen molar-refractivity contribution in [1.82, 2.24) is 9.38 Å². The highest BCUT2D eigenvalue weighted by Crippen LogP contribution is 2.13. The fourth-order valence-corrected chi connectivity index (χ4v) is 2.95. The highest BCUT2D eigenvalue weighted by molar-refractivity contribution is 7.15. The number of nitrogens with one attached hydrogen (secondary N) is 1. The number of aliphatic hydroxyl groups is 1. The molecule has 0 saturated heterocycles. The zero-order chi connectivity index (χ0) is 15.7. The van der Waals surface area contributed by atoms with Gasteiger partial charge >= 0.3 is 0 Å². The number of benzene rings is 1. The lowest BCUT2D eigenvalue weighted by Gasteiger charge is -2.06. The molecule has 0 aliphatic carbocycles. The largest absolute Gasteiger partial charge is 0.392 e. The summed E-state index contributed by atoms with van der Waals surface area (Å²) in [5.41, 5.74) is 1.53. The summed E-state index contributed by atoms with van der Waals surface area (Å²) in [6, 6.07) is 6.80. The Morgan fingerprint density at radius 2 is 2.27 bits per heavy atom. The van der Waals surface area contributed by atoms with Gasteiger partial charge in [-0.3, -0.25) is 14.0 Å². The summed E-state index contributed by atoms with van der Waals surface area (Å²) in [6.07, 6.45) is 1.29. The maximum absolute atomic E-state index is 12.4. The quantitative estimate of drug-likeness (QED) is 0.772. The van der Waals surface area contributed by atoms with E-state index in [1.54, 1.807) is 31.2 Å². The number of aliphatic hydroxyl groups excluding tert-OH is 1. The van der Waals surface area contributed by atoms with Gasteiger partial charge in [0.15, 0.2) is 4.96 Å². The van der Waals surface area contributed by atoms with Gasteiger partial charge in [0.05, 0.1) is 6.61 Å². The molecule has 2 heterocycles. The molecule has 0 aliphatic rings. The molecule has 3 rings (SSSR count). The first-order valence-corrected chi connectivity index (χ1v) is 7.45. The molecule has 2 aromatic heterocycles. The van der Waals surface area contributed by atoms with Crippen LogP contribution in [0.1, 0.15) is 21.6 Å². The van der Waals surface area contributed by atoms with Gasteiger partial charge in [0.25, 0.3) is 11.5 Å². The van der Waals surface area contributed by atoms with Gasteiger partial charge in [-0.2, -0.15) is 0 Å². The summed E-state index contributed by atoms with van der Waals surface area (Å²) in [4.78, 5) is 29.4. The van der Waals surface area contributed by atoms with E-state index in [1.165, 1.54) is 21.9 Å². The second-order valence-corrected chi connectivity index (χ2v) is 5.62. The minimum Gasteiger partial charge on any atom is -0.392 e. The minimum atomic E-state index is -0.521. The molecule has 112 valence electrons. The monoisotopic (exact) mass is 315 g/mol. The van der Waals surface area contributed by atoms with Crippen LogP contribution in [-0.2, 0) is 6.61 Å². The molecule has 0 unspecified atom stereocenters. The predicted octanol–water partition coefficient (Wildman–Crippen LogP) is 1.81. The van der Waals surface area contributed by atoms with E-state index >= 15 is 0 Å². The third-order valence-corrected chi connectivity index (χ3v) is 4.19. The van der Waals surface area contributed by atoms with E-state index in [0.29, 0.717) is 16.2 Å². The first-order valence-electron chi connectivity index (χ1n) is 6.57. The zero-order valence-electron chi connectivity index (χ0n) is 11.7. The molecule has 1 amide bonds. The molecular formula is C15H13N3O3S. The number of aryl methyl sites for hydroxylation is 1. The molecule has 0 saturated carbocycles. The topological polar surface area (TPSA) is 83.7 Å². The highest BCUT2D eigenvalue weighted by atomic mass is 32.1. The van der Waals surface area contributed by atoms with Crippen molar-refractivity contribution in [2.45, 2.75) is 13.5 Å². The Balaban J connectivity index is 1.96. The number of carbonyl (C=O) groups excluding carboxylic acids is 1. The second-order valence-electron chi connectivity index (χ2n) is 4.78. The summed E-state index contributed by atoms with van der Waals surface area (Å²) in [6.45, 7) is 1.67. The first kappa shape index (κ1) is 14.4. The number of aromatic nitrogens is 2. The molecule has 3 aromatic rings. The molecule has 0 aliphatic heterocycles. The molecule has 6 nitrogen and oxygen atoms in total. The lowest BCUT2D eigenvalue weighted by atomic mass is 10.2. The van der Waals surface area contributed by atoms with Crippen molar-refractivity contribution in [3.63, 3.8) is 0 Å². The standard InChI is InChI=1S/C15H13N3O3S/c1-9-8-22-15-16-6-12(14(21)18(9)15)13(20)17-11-4-2-3-10(5-11)7-19/h2-6,8,19H,7H2,1H3,(H,17,20). The molecule has 7 heteroatoms. The number of carbonyl (C=O) groups is 1. The summed E-state index contributed by atoms with van der Waals surface area (Å²) < 4.78 is 1.42. The molecule has 2 N–H and O–H groups in total. The van der Waals surface area contributed by atoms with Gasteiger partial charge in [-0.25, -0.2) is 4.98 Å². The molecule has 0 atom stereocenters. The average Bonchev–Trinajstić information content (AvgIpc) is 2.90. The van der Waals surface area contributed by atoms with E-state index in [9.17, 15) is 9.59 Å². The number of hydrogen-bond acceptors (Lipinski definition) is 5. The molecule has 22 heavy (non-hydrogen) atoms. The van der Waals surface area contributed by atoms with Gasteiger partial charge in [-0.15, -0.1) is 11.3 Å². The Morgan fingerprint density at radius 3 is 3.05 bits per heavy atom. The number of rotatable bonds is 3. The van der Waals surface area contributed by atoms with Crippen LogP contribution in [0.15, 0.2) is 40.6 Å². The van der Waals surface area contributed by atoms with Crippen LogP contribution >= 0.6 is 11.3 Å². The van der Waals surface area contributed by atoms with Gasteiger partial charge in [-0.1, -0.05) is 12.1 Å². The van der Waals surface area contributed by atoms with Crippen molar-refractivity contribution in [2.24, 2.45) is 0 Å². The van der Waals surface area contributed by atoms with E-state index in [4.69, 9.17) is 5.11 Å². The molecule has 0 spiro atoms. The number of thiazole rings is 1. The van der Waals surface area contributed by atoms with Gasteiger partial charge in [0, 0.05) is 23.0 Å². The number of hydrogen-bond donors (Lipinski definition) is 2. The first-order chi connectivity index (χ1) is 10.6. The Morgan fingerprint density at radius 1 is 1.45 bits per heavy atom. The predicted molar refractivity (Wildman–Crippen MR) is 84.4 cm³/mol. The normalized spacial score (nSPS) is 10.8. The van der Waals surface area contributed by atoms with Crippen molar-refractivity contribution in [3.8, 4) is 0 Å². The van der Waals surface area contributed by atoms with E-state index in [1.807, 2.05) is 5.38 Å². The van der Waals surface area contributed by atoms with E-state index in [-0.39, 0.29) is 17.7 Å². The van der Waals surface area contributed by atoms with Crippen molar-refractivity contribution in [1.29, 1.82) is 0 Å². The van der Waals surface area contributed by atoms with Gasteiger partial charge in [0.1, 0.15) is 5.56 Å². The van der Waals surface area contributed by atoms with Crippen LogP contribution in [0, 0.1) is 6.92 Å². The maximum Gasteiger partial charge on any atom is 0.271 e. The third-order valence-electron chi connectivity index (χ3n) is 3.23. The Bertz CT molecular complexity index is 914. The van der Waals surface area contributed by atoms with Gasteiger partial charge < -0.3 is 10.4 Å². The van der Waals surface area contributed by atoms with Gasteiger partial charge in [-0.05, 0) is 24.6 Å².